The van der Waals surface area contributed by atoms with Gasteiger partial charge in [0, 0.05) is 44.1 Å². The molecule has 1 aliphatic heterocycles. The van der Waals surface area contributed by atoms with E-state index in [-0.39, 0.29) is 6.04 Å². The fourth-order valence-electron chi connectivity index (χ4n) is 4.04. The number of rotatable bonds is 4. The first kappa shape index (κ1) is 18.0. The highest BCUT2D eigenvalue weighted by Crippen LogP contribution is 2.28. The summed E-state index contributed by atoms with van der Waals surface area (Å²) in [6.07, 6.45) is 3.93. The number of aromatic nitrogens is 4. The van der Waals surface area contributed by atoms with Crippen molar-refractivity contribution in [2.45, 2.75) is 12.6 Å². The lowest BCUT2D eigenvalue weighted by molar-refractivity contribution is 0.0881. The maximum atomic E-state index is 4.57. The largest absolute Gasteiger partial charge is 0.295 e. The Balaban J connectivity index is 1.41. The molecule has 29 heavy (non-hydrogen) atoms. The third-order valence-corrected chi connectivity index (χ3v) is 5.71. The highest BCUT2D eigenvalue weighted by Gasteiger charge is 2.29. The number of hydrogen-bond acceptors (Lipinski definition) is 5. The Bertz CT molecular complexity index is 1090. The summed E-state index contributed by atoms with van der Waals surface area (Å²) in [5.41, 5.74) is 5.54. The topological polar surface area (TPSA) is 49.6 Å². The van der Waals surface area contributed by atoms with Gasteiger partial charge >= 0.3 is 0 Å². The lowest BCUT2D eigenvalue weighted by Gasteiger charge is -2.38. The number of hydrogen-bond donors (Lipinski definition) is 0. The molecule has 0 radical (unpaired) electrons. The summed E-state index contributed by atoms with van der Waals surface area (Å²) in [6.45, 7) is 3.81. The smallest absolute Gasteiger partial charge is 0.109 e. The molecule has 0 spiro atoms. The second kappa shape index (κ2) is 7.73. The van der Waals surface area contributed by atoms with Gasteiger partial charge in [0.25, 0.3) is 0 Å². The van der Waals surface area contributed by atoms with Crippen LogP contribution in [-0.2, 0) is 6.54 Å². The fourth-order valence-corrected chi connectivity index (χ4v) is 4.04. The zero-order valence-electron chi connectivity index (χ0n) is 16.5. The summed E-state index contributed by atoms with van der Waals surface area (Å²) in [5, 5.41) is 9.01. The second-order valence-corrected chi connectivity index (χ2v) is 7.64. The molecule has 146 valence electrons. The average Bonchev–Trinajstić information content (AvgIpc) is 3.19. The van der Waals surface area contributed by atoms with Gasteiger partial charge in [-0.15, -0.1) is 5.10 Å². The Hall–Kier alpha value is -3.09. The lowest BCUT2D eigenvalue weighted by Crippen LogP contribution is -2.46. The van der Waals surface area contributed by atoms with E-state index in [9.17, 15) is 0 Å². The molecule has 0 amide bonds. The van der Waals surface area contributed by atoms with Crippen molar-refractivity contribution in [3.8, 4) is 11.1 Å². The van der Waals surface area contributed by atoms with E-state index >= 15 is 0 Å². The second-order valence-electron chi connectivity index (χ2n) is 7.64. The Kier molecular flexibility index (Phi) is 4.79. The third-order valence-electron chi connectivity index (χ3n) is 5.71. The molecule has 6 nitrogen and oxygen atoms in total. The maximum Gasteiger partial charge on any atom is 0.109 e. The molecule has 0 unspecified atom stereocenters. The van der Waals surface area contributed by atoms with Crippen LogP contribution in [0, 0.1) is 0 Å². The van der Waals surface area contributed by atoms with Crippen LogP contribution >= 0.6 is 0 Å². The van der Waals surface area contributed by atoms with Crippen LogP contribution < -0.4 is 0 Å². The molecule has 4 aromatic rings. The van der Waals surface area contributed by atoms with Crippen molar-refractivity contribution >= 4 is 5.52 Å². The molecule has 1 atom stereocenters. The molecule has 6 heteroatoms. The van der Waals surface area contributed by atoms with Crippen molar-refractivity contribution in [2.24, 2.45) is 0 Å². The average molecular weight is 384 g/mol. The van der Waals surface area contributed by atoms with Crippen LogP contribution in [0.2, 0.25) is 0 Å². The molecule has 5 rings (SSSR count). The molecule has 1 fully saturated rings. The van der Waals surface area contributed by atoms with Crippen LogP contribution in [0.25, 0.3) is 16.6 Å². The molecule has 1 saturated heterocycles. The highest BCUT2D eigenvalue weighted by molar-refractivity contribution is 5.66. The fraction of sp³-hybridized carbons (Fsp3) is 0.261. The molecule has 1 aromatic carbocycles. The van der Waals surface area contributed by atoms with Crippen molar-refractivity contribution in [2.75, 3.05) is 26.7 Å². The zero-order valence-corrected chi connectivity index (χ0v) is 16.5. The molecule has 0 saturated carbocycles. The summed E-state index contributed by atoms with van der Waals surface area (Å²) in [6, 6.07) is 21.0. The van der Waals surface area contributed by atoms with E-state index in [4.69, 9.17) is 0 Å². The Morgan fingerprint density at radius 3 is 2.62 bits per heavy atom. The van der Waals surface area contributed by atoms with Gasteiger partial charge in [-0.05, 0) is 30.8 Å². The summed E-state index contributed by atoms with van der Waals surface area (Å²) >= 11 is 0. The molecule has 3 aromatic heterocycles. The van der Waals surface area contributed by atoms with Crippen molar-refractivity contribution in [3.05, 3.63) is 84.4 Å². The quantitative estimate of drug-likeness (QED) is 0.540. The van der Waals surface area contributed by atoms with Crippen molar-refractivity contribution in [1.82, 2.24) is 29.6 Å². The Morgan fingerprint density at radius 1 is 0.931 bits per heavy atom. The van der Waals surface area contributed by atoms with Gasteiger partial charge in [0.1, 0.15) is 5.69 Å². The molecule has 1 aliphatic rings. The predicted octanol–water partition coefficient (Wildman–Crippen LogP) is 3.28. The van der Waals surface area contributed by atoms with E-state index in [2.05, 4.69) is 80.8 Å². The van der Waals surface area contributed by atoms with E-state index in [1.165, 1.54) is 5.56 Å². The zero-order chi connectivity index (χ0) is 19.6. The van der Waals surface area contributed by atoms with Gasteiger partial charge in [-0.1, -0.05) is 47.7 Å². The summed E-state index contributed by atoms with van der Waals surface area (Å²) in [7, 11) is 2.17. The number of pyridine rings is 2. The number of likely N-dealkylation sites (N-methyl/N-ethyl adjacent to an activating group) is 1. The van der Waals surface area contributed by atoms with Crippen LogP contribution in [0.4, 0.5) is 0 Å². The summed E-state index contributed by atoms with van der Waals surface area (Å²) < 4.78 is 1.91. The first-order valence-corrected chi connectivity index (χ1v) is 10.0. The molecule has 0 aliphatic carbocycles. The molecular formula is C23H24N6. The van der Waals surface area contributed by atoms with E-state index in [1.807, 2.05) is 28.9 Å². The van der Waals surface area contributed by atoms with Crippen molar-refractivity contribution < 1.29 is 0 Å². The number of piperazine rings is 1. The minimum atomic E-state index is 0.215. The van der Waals surface area contributed by atoms with Crippen LogP contribution in [0.3, 0.4) is 0 Å². The summed E-state index contributed by atoms with van der Waals surface area (Å²) in [4.78, 5) is 9.31. The number of benzene rings is 1. The maximum absolute atomic E-state index is 4.57. The molecule has 0 bridgehead atoms. The van der Waals surface area contributed by atoms with Gasteiger partial charge in [-0.25, -0.2) is 4.52 Å². The van der Waals surface area contributed by atoms with Gasteiger partial charge in [-0.3, -0.25) is 14.8 Å². The molecular weight excluding hydrogens is 360 g/mol. The summed E-state index contributed by atoms with van der Waals surface area (Å²) in [5.74, 6) is 0. The first-order valence-electron chi connectivity index (χ1n) is 10.0. The SMILES string of the molecule is CN1CCN(Cc2ccccn2)C[C@H]1c1nnn2cc(-c3ccccc3)ccc12. The van der Waals surface area contributed by atoms with Crippen LogP contribution in [0.15, 0.2) is 73.1 Å². The van der Waals surface area contributed by atoms with E-state index in [0.717, 1.165) is 48.6 Å². The van der Waals surface area contributed by atoms with Gasteiger partial charge in [0.05, 0.1) is 17.3 Å². The van der Waals surface area contributed by atoms with Crippen LogP contribution in [0.1, 0.15) is 17.4 Å². The van der Waals surface area contributed by atoms with Crippen molar-refractivity contribution in [3.63, 3.8) is 0 Å². The highest BCUT2D eigenvalue weighted by atomic mass is 15.4. The van der Waals surface area contributed by atoms with Gasteiger partial charge < -0.3 is 0 Å². The lowest BCUT2D eigenvalue weighted by atomic mass is 10.1. The Labute approximate surface area is 170 Å². The number of fused-ring (bicyclic) bond motifs is 1. The van der Waals surface area contributed by atoms with Gasteiger partial charge in [-0.2, -0.15) is 0 Å². The van der Waals surface area contributed by atoms with Gasteiger partial charge in [0.2, 0.25) is 0 Å². The molecule has 0 N–H and O–H groups in total. The van der Waals surface area contributed by atoms with Crippen LogP contribution in [0.5, 0.6) is 0 Å². The monoisotopic (exact) mass is 384 g/mol. The normalized spacial score (nSPS) is 18.3. The minimum absolute atomic E-state index is 0.215. The number of nitrogens with zero attached hydrogens (tertiary/aromatic N) is 6. The predicted molar refractivity (Wildman–Crippen MR) is 113 cm³/mol. The van der Waals surface area contributed by atoms with Crippen LogP contribution in [-0.4, -0.2) is 56.3 Å². The minimum Gasteiger partial charge on any atom is -0.295 e. The van der Waals surface area contributed by atoms with Crippen molar-refractivity contribution in [1.29, 1.82) is 0 Å². The molecule has 4 heterocycles. The standard InChI is InChI=1S/C23H24N6/c1-27-13-14-28(16-20-9-5-6-12-24-20)17-22(27)23-21-11-10-19(15-29(21)26-25-23)18-7-3-2-4-8-18/h2-12,15,22H,13-14,16-17H2,1H3/t22-/m0/s1. The Morgan fingerprint density at radius 2 is 1.79 bits per heavy atom. The van der Waals surface area contributed by atoms with E-state index < -0.39 is 0 Å². The third kappa shape index (κ3) is 3.64. The van der Waals surface area contributed by atoms with E-state index in [1.54, 1.807) is 0 Å². The van der Waals surface area contributed by atoms with Gasteiger partial charge in [0.15, 0.2) is 0 Å². The van der Waals surface area contributed by atoms with E-state index in [0.29, 0.717) is 0 Å². The first-order chi connectivity index (χ1) is 14.3.